The molecule has 3 unspecified atom stereocenters. The Labute approximate surface area is 204 Å². The van der Waals surface area contributed by atoms with Crippen molar-refractivity contribution in [2.45, 2.75) is 52.7 Å². The van der Waals surface area contributed by atoms with Crippen molar-refractivity contribution < 1.29 is 13.9 Å². The van der Waals surface area contributed by atoms with Gasteiger partial charge in [-0.2, -0.15) is 0 Å². The van der Waals surface area contributed by atoms with E-state index in [1.165, 1.54) is 6.42 Å². The number of furan rings is 1. The lowest BCUT2D eigenvalue weighted by Gasteiger charge is -2.40. The minimum absolute atomic E-state index is 0. The first-order chi connectivity index (χ1) is 14.4. The maximum absolute atomic E-state index is 6.13. The molecule has 3 atom stereocenters. The molecular formula is C23H41IN4O3. The maximum Gasteiger partial charge on any atom is 0.191 e. The molecule has 0 spiro atoms. The molecule has 2 fully saturated rings. The second kappa shape index (κ2) is 12.4. The molecule has 2 N–H and O–H groups in total. The van der Waals surface area contributed by atoms with E-state index in [9.17, 15) is 0 Å². The summed E-state index contributed by atoms with van der Waals surface area (Å²) in [5, 5.41) is 7.06. The summed E-state index contributed by atoms with van der Waals surface area (Å²) in [6, 6.07) is 4.27. The van der Waals surface area contributed by atoms with E-state index < -0.39 is 0 Å². The average Bonchev–Trinajstić information content (AvgIpc) is 3.16. The summed E-state index contributed by atoms with van der Waals surface area (Å²) in [6.07, 6.45) is 2.58. The number of nitrogens with one attached hydrogen (secondary N) is 2. The number of aryl methyl sites for hydroxylation is 1. The second-order valence-corrected chi connectivity index (χ2v) is 9.51. The molecule has 1 aromatic heterocycles. The Hall–Kier alpha value is -0.840. The lowest BCUT2D eigenvalue weighted by Crippen LogP contribution is -2.49. The highest BCUT2D eigenvalue weighted by molar-refractivity contribution is 14.0. The summed E-state index contributed by atoms with van der Waals surface area (Å²) < 4.78 is 17.6. The zero-order valence-corrected chi connectivity index (χ0v) is 22.1. The average molecular weight is 549 g/mol. The van der Waals surface area contributed by atoms with E-state index >= 15 is 0 Å². The van der Waals surface area contributed by atoms with Gasteiger partial charge in [0.1, 0.15) is 11.5 Å². The molecule has 3 rings (SSSR count). The van der Waals surface area contributed by atoms with Gasteiger partial charge < -0.3 is 24.5 Å². The summed E-state index contributed by atoms with van der Waals surface area (Å²) in [6.45, 7) is 14.6. The third kappa shape index (κ3) is 7.61. The molecule has 1 aromatic rings. The van der Waals surface area contributed by atoms with Gasteiger partial charge in [-0.05, 0) is 37.3 Å². The highest BCUT2D eigenvalue weighted by Crippen LogP contribution is 2.33. The molecule has 2 aliphatic rings. The first kappa shape index (κ1) is 26.4. The SMILES string of the molecule is CN=C(NCC1CCCOC1C(C)(C)C)NCC(c1ccc(C)o1)N1CCOCC1.I. The van der Waals surface area contributed by atoms with Gasteiger partial charge in [-0.25, -0.2) is 0 Å². The monoisotopic (exact) mass is 548 g/mol. The highest BCUT2D eigenvalue weighted by Gasteiger charge is 2.35. The number of ether oxygens (including phenoxy) is 2. The van der Waals surface area contributed by atoms with Crippen LogP contribution in [0.3, 0.4) is 0 Å². The van der Waals surface area contributed by atoms with Gasteiger partial charge >= 0.3 is 0 Å². The number of hydrogen-bond acceptors (Lipinski definition) is 5. The van der Waals surface area contributed by atoms with Gasteiger partial charge in [0.15, 0.2) is 5.96 Å². The molecule has 0 bridgehead atoms. The van der Waals surface area contributed by atoms with Crippen LogP contribution in [0.25, 0.3) is 0 Å². The Morgan fingerprint density at radius 3 is 2.55 bits per heavy atom. The van der Waals surface area contributed by atoms with Gasteiger partial charge in [0, 0.05) is 45.8 Å². The van der Waals surface area contributed by atoms with Crippen molar-refractivity contribution in [2.75, 3.05) is 53.0 Å². The highest BCUT2D eigenvalue weighted by atomic mass is 127. The molecule has 0 amide bonds. The number of halogens is 1. The number of rotatable bonds is 6. The van der Waals surface area contributed by atoms with Gasteiger partial charge in [-0.15, -0.1) is 24.0 Å². The summed E-state index contributed by atoms with van der Waals surface area (Å²) in [5.41, 5.74) is 0.141. The summed E-state index contributed by atoms with van der Waals surface area (Å²) in [7, 11) is 1.83. The van der Waals surface area contributed by atoms with Crippen molar-refractivity contribution in [3.63, 3.8) is 0 Å². The number of aliphatic imine (C=N–C) groups is 1. The van der Waals surface area contributed by atoms with Crippen LogP contribution < -0.4 is 10.6 Å². The smallest absolute Gasteiger partial charge is 0.191 e. The third-order valence-corrected chi connectivity index (χ3v) is 6.09. The lowest BCUT2D eigenvalue weighted by molar-refractivity contribution is -0.0835. The van der Waals surface area contributed by atoms with Crippen molar-refractivity contribution in [2.24, 2.45) is 16.3 Å². The molecule has 3 heterocycles. The molecule has 2 saturated heterocycles. The zero-order chi connectivity index (χ0) is 21.6. The van der Waals surface area contributed by atoms with Crippen LogP contribution in [0.1, 0.15) is 51.2 Å². The van der Waals surface area contributed by atoms with Crippen LogP contribution in [0.2, 0.25) is 0 Å². The molecule has 0 aromatic carbocycles. The third-order valence-electron chi connectivity index (χ3n) is 6.09. The van der Waals surface area contributed by atoms with E-state index in [1.807, 2.05) is 20.0 Å². The molecule has 178 valence electrons. The summed E-state index contributed by atoms with van der Waals surface area (Å²) >= 11 is 0. The van der Waals surface area contributed by atoms with E-state index in [0.717, 1.165) is 69.9 Å². The number of morpholine rings is 1. The standard InChI is InChI=1S/C23H40N4O3.HI/c1-17-8-9-20(30-17)19(27-10-13-28-14-11-27)16-26-22(24-5)25-15-18-7-6-12-29-21(18)23(2,3)4;/h8-9,18-19,21H,6-7,10-16H2,1-5H3,(H2,24,25,26);1H. The zero-order valence-electron chi connectivity index (χ0n) is 19.8. The summed E-state index contributed by atoms with van der Waals surface area (Å²) in [5.74, 6) is 3.25. The molecule has 8 heteroatoms. The van der Waals surface area contributed by atoms with E-state index in [1.54, 1.807) is 0 Å². The Bertz CT molecular complexity index is 683. The van der Waals surface area contributed by atoms with Crippen LogP contribution >= 0.6 is 24.0 Å². The maximum atomic E-state index is 6.13. The second-order valence-electron chi connectivity index (χ2n) is 9.51. The Balaban J connectivity index is 0.00000341. The first-order valence-electron chi connectivity index (χ1n) is 11.3. The molecule has 0 radical (unpaired) electrons. The topological polar surface area (TPSA) is 71.3 Å². The van der Waals surface area contributed by atoms with Gasteiger partial charge in [-0.3, -0.25) is 9.89 Å². The number of hydrogen-bond donors (Lipinski definition) is 2. The fraction of sp³-hybridized carbons (Fsp3) is 0.783. The normalized spacial score (nSPS) is 24.4. The van der Waals surface area contributed by atoms with Crippen LogP contribution in [0.5, 0.6) is 0 Å². The molecule has 7 nitrogen and oxygen atoms in total. The van der Waals surface area contributed by atoms with Crippen LogP contribution in [-0.4, -0.2) is 70.0 Å². The van der Waals surface area contributed by atoms with Crippen LogP contribution in [0, 0.1) is 18.3 Å². The molecule has 0 saturated carbocycles. The van der Waals surface area contributed by atoms with Crippen molar-refractivity contribution in [1.29, 1.82) is 0 Å². The number of nitrogens with zero attached hydrogens (tertiary/aromatic N) is 2. The van der Waals surface area contributed by atoms with Crippen LogP contribution in [0.15, 0.2) is 21.5 Å². The van der Waals surface area contributed by atoms with Crippen LogP contribution in [0.4, 0.5) is 0 Å². The minimum Gasteiger partial charge on any atom is -0.465 e. The Kier molecular flexibility index (Phi) is 10.6. The van der Waals surface area contributed by atoms with E-state index in [0.29, 0.717) is 5.92 Å². The first-order valence-corrected chi connectivity index (χ1v) is 11.3. The summed E-state index contributed by atoms with van der Waals surface area (Å²) in [4.78, 5) is 6.88. The van der Waals surface area contributed by atoms with Crippen molar-refractivity contribution in [1.82, 2.24) is 15.5 Å². The van der Waals surface area contributed by atoms with E-state index in [2.05, 4.69) is 47.4 Å². The Morgan fingerprint density at radius 2 is 1.94 bits per heavy atom. The van der Waals surface area contributed by atoms with Gasteiger partial charge in [0.2, 0.25) is 0 Å². The fourth-order valence-electron chi connectivity index (χ4n) is 4.58. The largest absolute Gasteiger partial charge is 0.465 e. The number of guanidine groups is 1. The van der Waals surface area contributed by atoms with Gasteiger partial charge in [0.05, 0.1) is 25.4 Å². The predicted molar refractivity (Wildman–Crippen MR) is 135 cm³/mol. The molecular weight excluding hydrogens is 507 g/mol. The minimum atomic E-state index is 0. The van der Waals surface area contributed by atoms with Gasteiger partial charge in [-0.1, -0.05) is 20.8 Å². The molecule has 31 heavy (non-hydrogen) atoms. The fourth-order valence-corrected chi connectivity index (χ4v) is 4.58. The van der Waals surface area contributed by atoms with Crippen molar-refractivity contribution >= 4 is 29.9 Å². The van der Waals surface area contributed by atoms with Gasteiger partial charge in [0.25, 0.3) is 0 Å². The van der Waals surface area contributed by atoms with Crippen LogP contribution in [-0.2, 0) is 9.47 Å². The van der Waals surface area contributed by atoms with Crippen molar-refractivity contribution in [3.05, 3.63) is 23.7 Å². The predicted octanol–water partition coefficient (Wildman–Crippen LogP) is 3.59. The van der Waals surface area contributed by atoms with E-state index in [4.69, 9.17) is 13.9 Å². The molecule has 0 aliphatic carbocycles. The van der Waals surface area contributed by atoms with E-state index in [-0.39, 0.29) is 41.5 Å². The quantitative estimate of drug-likeness (QED) is 0.322. The molecule has 2 aliphatic heterocycles. The van der Waals surface area contributed by atoms with Crippen molar-refractivity contribution in [3.8, 4) is 0 Å². The Morgan fingerprint density at radius 1 is 1.19 bits per heavy atom. The lowest BCUT2D eigenvalue weighted by atomic mass is 9.78.